The average Bonchev–Trinajstić information content (AvgIpc) is 2.61. The molecule has 0 atom stereocenters. The molecule has 6 nitrogen and oxygen atoms in total. The third-order valence-corrected chi connectivity index (χ3v) is 2.35. The van der Waals surface area contributed by atoms with E-state index in [9.17, 15) is 9.59 Å². The van der Waals surface area contributed by atoms with Crippen molar-refractivity contribution < 1.29 is 14.3 Å². The van der Waals surface area contributed by atoms with Crippen LogP contribution in [-0.4, -0.2) is 15.6 Å². The van der Waals surface area contributed by atoms with Gasteiger partial charge in [-0.15, -0.1) is 0 Å². The van der Waals surface area contributed by atoms with Crippen molar-refractivity contribution in [3.05, 3.63) is 34.3 Å². The number of aliphatic carboxylic acids is 1. The minimum Gasteiger partial charge on any atom is -0.481 e. The Morgan fingerprint density at radius 2 is 2.29 bits per heavy atom. The molecule has 0 aliphatic heterocycles. The van der Waals surface area contributed by atoms with Crippen molar-refractivity contribution in [2.24, 2.45) is 0 Å². The van der Waals surface area contributed by atoms with Gasteiger partial charge in [0.15, 0.2) is 5.58 Å². The predicted octanol–water partition coefficient (Wildman–Crippen LogP) is 0.941. The Morgan fingerprint density at radius 1 is 1.53 bits per heavy atom. The number of aromatic nitrogens is 1. The Labute approximate surface area is 95.3 Å². The SMILES string of the molecule is N#Cc1ccc2oc(=O)n(CCC(=O)O)c2c1. The van der Waals surface area contributed by atoms with Gasteiger partial charge >= 0.3 is 11.7 Å². The Bertz CT molecular complexity index is 675. The number of carbonyl (C=O) groups is 1. The van der Waals surface area contributed by atoms with Crippen LogP contribution in [0, 0.1) is 11.3 Å². The Kier molecular flexibility index (Phi) is 2.66. The lowest BCUT2D eigenvalue weighted by Gasteiger charge is -1.98. The van der Waals surface area contributed by atoms with Crippen LogP contribution < -0.4 is 5.76 Å². The number of carboxylic acids is 1. The summed E-state index contributed by atoms with van der Waals surface area (Å²) in [5.74, 6) is -1.61. The standard InChI is InChI=1S/C11H8N2O4/c12-6-7-1-2-9-8(5-7)13(11(16)17-9)4-3-10(14)15/h1-2,5H,3-4H2,(H,14,15). The van der Waals surface area contributed by atoms with Gasteiger partial charge in [-0.2, -0.15) is 5.26 Å². The quantitative estimate of drug-likeness (QED) is 0.849. The predicted molar refractivity (Wildman–Crippen MR) is 57.4 cm³/mol. The Morgan fingerprint density at radius 3 is 2.94 bits per heavy atom. The zero-order chi connectivity index (χ0) is 12.4. The molecule has 6 heteroatoms. The maximum absolute atomic E-state index is 11.5. The van der Waals surface area contributed by atoms with Gasteiger partial charge < -0.3 is 9.52 Å². The van der Waals surface area contributed by atoms with E-state index in [4.69, 9.17) is 14.8 Å². The fraction of sp³-hybridized carbons (Fsp3) is 0.182. The van der Waals surface area contributed by atoms with Gasteiger partial charge in [-0.05, 0) is 18.2 Å². The Balaban J connectivity index is 2.53. The van der Waals surface area contributed by atoms with E-state index in [1.807, 2.05) is 6.07 Å². The van der Waals surface area contributed by atoms with Gasteiger partial charge in [-0.3, -0.25) is 9.36 Å². The van der Waals surface area contributed by atoms with E-state index in [-0.39, 0.29) is 13.0 Å². The highest BCUT2D eigenvalue weighted by molar-refractivity contribution is 5.75. The van der Waals surface area contributed by atoms with Crippen molar-refractivity contribution in [2.75, 3.05) is 0 Å². The van der Waals surface area contributed by atoms with Crippen LogP contribution in [0.15, 0.2) is 27.4 Å². The number of nitrogens with zero attached hydrogens (tertiary/aromatic N) is 2. The molecular formula is C11H8N2O4. The minimum absolute atomic E-state index is 0.0239. The summed E-state index contributed by atoms with van der Waals surface area (Å²) in [6.45, 7) is 0.0239. The largest absolute Gasteiger partial charge is 0.481 e. The monoisotopic (exact) mass is 232 g/mol. The third kappa shape index (κ3) is 2.03. The van der Waals surface area contributed by atoms with E-state index in [2.05, 4.69) is 0 Å². The first kappa shape index (κ1) is 11.0. The van der Waals surface area contributed by atoms with E-state index in [0.29, 0.717) is 16.7 Å². The molecule has 0 radical (unpaired) electrons. The summed E-state index contributed by atoms with van der Waals surface area (Å²) >= 11 is 0. The number of hydrogen-bond acceptors (Lipinski definition) is 4. The van der Waals surface area contributed by atoms with Gasteiger partial charge in [0.1, 0.15) is 0 Å². The highest BCUT2D eigenvalue weighted by Gasteiger charge is 2.10. The molecule has 0 bridgehead atoms. The molecule has 2 aromatic rings. The topological polar surface area (TPSA) is 96.2 Å². The number of nitriles is 1. The summed E-state index contributed by atoms with van der Waals surface area (Å²) in [7, 11) is 0. The van der Waals surface area contributed by atoms with Crippen LogP contribution in [0.5, 0.6) is 0 Å². The molecule has 86 valence electrons. The van der Waals surface area contributed by atoms with Crippen molar-refractivity contribution in [2.45, 2.75) is 13.0 Å². The lowest BCUT2D eigenvalue weighted by molar-refractivity contribution is -0.137. The summed E-state index contributed by atoms with van der Waals surface area (Å²) in [6.07, 6.45) is -0.175. The van der Waals surface area contributed by atoms with E-state index >= 15 is 0 Å². The number of oxazole rings is 1. The summed E-state index contributed by atoms with van der Waals surface area (Å²) in [5.41, 5.74) is 1.18. The van der Waals surface area contributed by atoms with Crippen molar-refractivity contribution >= 4 is 17.1 Å². The molecule has 0 saturated carbocycles. The summed E-state index contributed by atoms with van der Waals surface area (Å²) < 4.78 is 6.15. The zero-order valence-electron chi connectivity index (χ0n) is 8.71. The second-order valence-electron chi connectivity index (χ2n) is 3.46. The fourth-order valence-electron chi connectivity index (χ4n) is 1.55. The van der Waals surface area contributed by atoms with Crippen LogP contribution in [0.4, 0.5) is 0 Å². The van der Waals surface area contributed by atoms with E-state index < -0.39 is 11.7 Å². The first-order chi connectivity index (χ1) is 8.11. The van der Waals surface area contributed by atoms with Crippen LogP contribution in [0.2, 0.25) is 0 Å². The number of rotatable bonds is 3. The van der Waals surface area contributed by atoms with E-state index in [1.54, 1.807) is 0 Å². The zero-order valence-corrected chi connectivity index (χ0v) is 8.71. The molecule has 17 heavy (non-hydrogen) atoms. The van der Waals surface area contributed by atoms with Crippen LogP contribution in [0.1, 0.15) is 12.0 Å². The first-order valence-corrected chi connectivity index (χ1v) is 4.87. The molecule has 0 amide bonds. The van der Waals surface area contributed by atoms with Crippen LogP contribution in [0.25, 0.3) is 11.1 Å². The molecule has 0 spiro atoms. The van der Waals surface area contributed by atoms with Gasteiger partial charge in [0.25, 0.3) is 0 Å². The van der Waals surface area contributed by atoms with Gasteiger partial charge in [0.2, 0.25) is 0 Å². The van der Waals surface area contributed by atoms with Crippen molar-refractivity contribution in [3.63, 3.8) is 0 Å². The first-order valence-electron chi connectivity index (χ1n) is 4.87. The minimum atomic E-state index is -0.998. The molecular weight excluding hydrogens is 224 g/mol. The smallest absolute Gasteiger partial charge is 0.419 e. The molecule has 0 aliphatic carbocycles. The molecule has 0 saturated heterocycles. The number of fused-ring (bicyclic) bond motifs is 1. The second kappa shape index (κ2) is 4.14. The maximum atomic E-state index is 11.5. The van der Waals surface area contributed by atoms with E-state index in [1.165, 1.54) is 22.8 Å². The molecule has 0 aliphatic rings. The summed E-state index contributed by atoms with van der Waals surface area (Å²) in [4.78, 5) is 21.9. The fourth-order valence-corrected chi connectivity index (χ4v) is 1.55. The molecule has 1 aromatic carbocycles. The van der Waals surface area contributed by atoms with Gasteiger partial charge in [-0.25, -0.2) is 4.79 Å². The lowest BCUT2D eigenvalue weighted by Crippen LogP contribution is -2.16. The third-order valence-electron chi connectivity index (χ3n) is 2.35. The van der Waals surface area contributed by atoms with Crippen molar-refractivity contribution in [1.82, 2.24) is 4.57 Å². The van der Waals surface area contributed by atoms with E-state index in [0.717, 1.165) is 0 Å². The molecule has 1 N–H and O–H groups in total. The molecule has 1 heterocycles. The van der Waals surface area contributed by atoms with Gasteiger partial charge in [0, 0.05) is 6.54 Å². The lowest BCUT2D eigenvalue weighted by atomic mass is 10.2. The highest BCUT2D eigenvalue weighted by atomic mass is 16.4. The van der Waals surface area contributed by atoms with Crippen LogP contribution >= 0.6 is 0 Å². The Hall–Kier alpha value is -2.55. The molecule has 0 fully saturated rings. The number of benzene rings is 1. The van der Waals surface area contributed by atoms with Crippen molar-refractivity contribution in [1.29, 1.82) is 5.26 Å². The summed E-state index contributed by atoms with van der Waals surface area (Å²) in [5, 5.41) is 17.3. The molecule has 0 unspecified atom stereocenters. The van der Waals surface area contributed by atoms with Crippen LogP contribution in [-0.2, 0) is 11.3 Å². The maximum Gasteiger partial charge on any atom is 0.419 e. The second-order valence-corrected chi connectivity index (χ2v) is 3.46. The molecule has 1 aromatic heterocycles. The summed E-state index contributed by atoms with van der Waals surface area (Å²) in [6, 6.07) is 6.50. The van der Waals surface area contributed by atoms with Crippen LogP contribution in [0.3, 0.4) is 0 Å². The van der Waals surface area contributed by atoms with Gasteiger partial charge in [0.05, 0.1) is 23.6 Å². The number of hydrogen-bond donors (Lipinski definition) is 1. The number of aryl methyl sites for hydroxylation is 1. The highest BCUT2D eigenvalue weighted by Crippen LogP contribution is 2.14. The normalized spacial score (nSPS) is 10.3. The van der Waals surface area contributed by atoms with Gasteiger partial charge in [-0.1, -0.05) is 0 Å². The average molecular weight is 232 g/mol. The molecule has 2 rings (SSSR count). The van der Waals surface area contributed by atoms with Crippen molar-refractivity contribution in [3.8, 4) is 6.07 Å². The number of carboxylic acid groups (broad SMARTS) is 1.